The largest absolute Gasteiger partial charge is 0.305 e. The quantitative estimate of drug-likeness (QED) is 0.891. The van der Waals surface area contributed by atoms with Gasteiger partial charge in [0.15, 0.2) is 0 Å². The van der Waals surface area contributed by atoms with Crippen molar-refractivity contribution in [3.05, 3.63) is 16.1 Å². The third kappa shape index (κ3) is 1.89. The fraction of sp³-hybridized carbons (Fsp3) is 0.812. The molecule has 4 unspecified atom stereocenters. The zero-order chi connectivity index (χ0) is 13.8. The van der Waals surface area contributed by atoms with Crippen LogP contribution in [0, 0.1) is 23.7 Å². The van der Waals surface area contributed by atoms with E-state index in [0.29, 0.717) is 22.9 Å². The van der Waals surface area contributed by atoms with E-state index in [1.54, 1.807) is 0 Å². The van der Waals surface area contributed by atoms with E-state index < -0.39 is 0 Å². The standard InChI is InChI=1S/C16H26N2S/c1-10-9-17-14(19-10)11(2)18-13-8-12-6-7-16(13,5)15(12,3)4/h9,11-13,18H,6-8H2,1-5H3. The van der Waals surface area contributed by atoms with Gasteiger partial charge in [-0.2, -0.15) is 0 Å². The van der Waals surface area contributed by atoms with Gasteiger partial charge in [-0.05, 0) is 49.9 Å². The maximum Gasteiger partial charge on any atom is 0.109 e. The molecule has 0 spiro atoms. The molecule has 1 aromatic rings. The number of fused-ring (bicyclic) bond motifs is 2. The Balaban J connectivity index is 1.75. The van der Waals surface area contributed by atoms with Crippen LogP contribution in [-0.4, -0.2) is 11.0 Å². The molecule has 4 atom stereocenters. The van der Waals surface area contributed by atoms with E-state index >= 15 is 0 Å². The predicted octanol–water partition coefficient (Wildman–Crippen LogP) is 4.32. The van der Waals surface area contributed by atoms with E-state index in [9.17, 15) is 0 Å². The van der Waals surface area contributed by atoms with Gasteiger partial charge in [0.1, 0.15) is 5.01 Å². The first-order chi connectivity index (χ1) is 8.84. The summed E-state index contributed by atoms with van der Waals surface area (Å²) < 4.78 is 0. The van der Waals surface area contributed by atoms with Crippen molar-refractivity contribution in [2.75, 3.05) is 0 Å². The number of hydrogen-bond donors (Lipinski definition) is 1. The Kier molecular flexibility index (Phi) is 3.06. The van der Waals surface area contributed by atoms with Crippen LogP contribution in [0.1, 0.15) is 62.9 Å². The van der Waals surface area contributed by atoms with Crippen LogP contribution in [-0.2, 0) is 0 Å². The summed E-state index contributed by atoms with van der Waals surface area (Å²) in [7, 11) is 0. The monoisotopic (exact) mass is 278 g/mol. The third-order valence-corrected chi connectivity index (χ3v) is 7.35. The molecule has 0 aliphatic heterocycles. The highest BCUT2D eigenvalue weighted by Gasteiger charge is 2.61. The fourth-order valence-corrected chi connectivity index (χ4v) is 5.19. The molecule has 2 aliphatic rings. The molecule has 0 aromatic carbocycles. The van der Waals surface area contributed by atoms with Gasteiger partial charge in [0, 0.05) is 17.1 Å². The Bertz CT molecular complexity index is 479. The Morgan fingerprint density at radius 2 is 2.16 bits per heavy atom. The number of rotatable bonds is 3. The van der Waals surface area contributed by atoms with E-state index in [4.69, 9.17) is 0 Å². The lowest BCUT2D eigenvalue weighted by Crippen LogP contribution is -2.45. The minimum Gasteiger partial charge on any atom is -0.305 e. The summed E-state index contributed by atoms with van der Waals surface area (Å²) in [6, 6.07) is 1.04. The summed E-state index contributed by atoms with van der Waals surface area (Å²) in [4.78, 5) is 5.84. The highest BCUT2D eigenvalue weighted by Crippen LogP contribution is 2.65. The molecule has 3 rings (SSSR count). The van der Waals surface area contributed by atoms with E-state index in [0.717, 1.165) is 5.92 Å². The summed E-state index contributed by atoms with van der Waals surface area (Å²) in [5.74, 6) is 0.903. The molecule has 3 heteroatoms. The Hall–Kier alpha value is -0.410. The van der Waals surface area contributed by atoms with Gasteiger partial charge in [-0.15, -0.1) is 11.3 Å². The molecule has 0 saturated heterocycles. The third-order valence-electron chi connectivity index (χ3n) is 6.25. The number of hydrogen-bond acceptors (Lipinski definition) is 3. The summed E-state index contributed by atoms with van der Waals surface area (Å²) >= 11 is 1.82. The lowest BCUT2D eigenvalue weighted by molar-refractivity contribution is 0.116. The van der Waals surface area contributed by atoms with Gasteiger partial charge in [-0.1, -0.05) is 20.8 Å². The van der Waals surface area contributed by atoms with Gasteiger partial charge in [-0.3, -0.25) is 0 Å². The van der Waals surface area contributed by atoms with Crippen molar-refractivity contribution in [1.29, 1.82) is 0 Å². The Labute approximate surface area is 121 Å². The van der Waals surface area contributed by atoms with E-state index in [1.807, 2.05) is 17.5 Å². The molecule has 0 radical (unpaired) electrons. The van der Waals surface area contributed by atoms with Crippen molar-refractivity contribution in [2.24, 2.45) is 16.7 Å². The second kappa shape index (κ2) is 4.29. The lowest BCUT2D eigenvalue weighted by Gasteiger charge is -2.40. The van der Waals surface area contributed by atoms with Crippen molar-refractivity contribution in [3.8, 4) is 0 Å². The highest BCUT2D eigenvalue weighted by atomic mass is 32.1. The molecule has 2 saturated carbocycles. The number of aryl methyl sites for hydroxylation is 1. The fourth-order valence-electron chi connectivity index (χ4n) is 4.40. The van der Waals surface area contributed by atoms with Gasteiger partial charge >= 0.3 is 0 Å². The Morgan fingerprint density at radius 3 is 2.63 bits per heavy atom. The second-order valence-electron chi connectivity index (χ2n) is 7.36. The van der Waals surface area contributed by atoms with E-state index in [-0.39, 0.29) is 0 Å². The molecule has 1 N–H and O–H groups in total. The first-order valence-electron chi connectivity index (χ1n) is 7.53. The minimum absolute atomic E-state index is 0.385. The topological polar surface area (TPSA) is 24.9 Å². The molecule has 1 heterocycles. The van der Waals surface area contributed by atoms with Crippen LogP contribution >= 0.6 is 11.3 Å². The SMILES string of the molecule is Cc1cnc(C(C)NC2CC3CCC2(C)C3(C)C)s1. The van der Waals surface area contributed by atoms with Gasteiger partial charge in [0.2, 0.25) is 0 Å². The molecule has 0 amide bonds. The predicted molar refractivity (Wildman–Crippen MR) is 81.4 cm³/mol. The molecule has 106 valence electrons. The maximum atomic E-state index is 4.53. The van der Waals surface area contributed by atoms with Crippen molar-refractivity contribution in [2.45, 2.75) is 66.0 Å². The lowest BCUT2D eigenvalue weighted by atomic mass is 9.69. The van der Waals surface area contributed by atoms with E-state index in [1.165, 1.54) is 29.1 Å². The van der Waals surface area contributed by atoms with Gasteiger partial charge in [0.05, 0.1) is 6.04 Å². The molecule has 2 nitrogen and oxygen atoms in total. The number of nitrogens with zero attached hydrogens (tertiary/aromatic N) is 1. The molecule has 2 bridgehead atoms. The molecule has 2 aliphatic carbocycles. The first-order valence-corrected chi connectivity index (χ1v) is 8.34. The summed E-state index contributed by atoms with van der Waals surface area (Å²) in [6.07, 6.45) is 6.14. The average molecular weight is 278 g/mol. The van der Waals surface area contributed by atoms with Gasteiger partial charge in [0.25, 0.3) is 0 Å². The van der Waals surface area contributed by atoms with Crippen LogP contribution in [0.25, 0.3) is 0 Å². The molecule has 2 fully saturated rings. The van der Waals surface area contributed by atoms with Crippen molar-refractivity contribution >= 4 is 11.3 Å². The zero-order valence-electron chi connectivity index (χ0n) is 12.8. The first kappa shape index (κ1) is 13.6. The second-order valence-corrected chi connectivity index (χ2v) is 8.63. The molecule has 1 aromatic heterocycles. The average Bonchev–Trinajstić information content (AvgIpc) is 2.91. The highest BCUT2D eigenvalue weighted by molar-refractivity contribution is 7.11. The van der Waals surface area contributed by atoms with Crippen LogP contribution in [0.4, 0.5) is 0 Å². The van der Waals surface area contributed by atoms with Crippen LogP contribution < -0.4 is 5.32 Å². The van der Waals surface area contributed by atoms with Gasteiger partial charge in [-0.25, -0.2) is 4.98 Å². The molecular weight excluding hydrogens is 252 g/mol. The number of thiazole rings is 1. The summed E-state index contributed by atoms with van der Waals surface area (Å²) in [5.41, 5.74) is 0.946. The zero-order valence-corrected chi connectivity index (χ0v) is 13.6. The normalized spacial score (nSPS) is 37.7. The van der Waals surface area contributed by atoms with Crippen molar-refractivity contribution < 1.29 is 0 Å². The summed E-state index contributed by atoms with van der Waals surface area (Å²) in [5, 5.41) is 5.12. The van der Waals surface area contributed by atoms with Crippen molar-refractivity contribution in [1.82, 2.24) is 10.3 Å². The number of nitrogens with one attached hydrogen (secondary N) is 1. The maximum absolute atomic E-state index is 4.53. The van der Waals surface area contributed by atoms with Gasteiger partial charge < -0.3 is 5.32 Å². The molecular formula is C16H26N2S. The van der Waals surface area contributed by atoms with E-state index in [2.05, 4.69) is 44.9 Å². The van der Waals surface area contributed by atoms with Crippen LogP contribution in [0.15, 0.2) is 6.20 Å². The van der Waals surface area contributed by atoms with Crippen LogP contribution in [0.5, 0.6) is 0 Å². The van der Waals surface area contributed by atoms with Crippen LogP contribution in [0.3, 0.4) is 0 Å². The van der Waals surface area contributed by atoms with Crippen molar-refractivity contribution in [3.63, 3.8) is 0 Å². The summed E-state index contributed by atoms with van der Waals surface area (Å²) in [6.45, 7) is 11.9. The molecule has 19 heavy (non-hydrogen) atoms. The number of aromatic nitrogens is 1. The smallest absolute Gasteiger partial charge is 0.109 e. The Morgan fingerprint density at radius 1 is 1.42 bits per heavy atom. The van der Waals surface area contributed by atoms with Crippen LogP contribution in [0.2, 0.25) is 0 Å². The minimum atomic E-state index is 0.385.